The summed E-state index contributed by atoms with van der Waals surface area (Å²) in [5.74, 6) is 0.910. The van der Waals surface area contributed by atoms with Gasteiger partial charge in [-0.25, -0.2) is 0 Å². The molecule has 0 spiro atoms. The lowest BCUT2D eigenvalue weighted by Gasteiger charge is -2.26. The van der Waals surface area contributed by atoms with Gasteiger partial charge in [0, 0.05) is 5.41 Å². The highest BCUT2D eigenvalue weighted by atomic mass is 16.6. The van der Waals surface area contributed by atoms with Crippen LogP contribution in [0.15, 0.2) is 48.5 Å². The van der Waals surface area contributed by atoms with E-state index in [-0.39, 0.29) is 5.41 Å². The Hall–Kier alpha value is -1.84. The zero-order chi connectivity index (χ0) is 17.3. The monoisotopic (exact) mass is 338 g/mol. The number of aryl methyl sites for hydroxylation is 1. The van der Waals surface area contributed by atoms with E-state index < -0.39 is 0 Å². The van der Waals surface area contributed by atoms with Crippen LogP contribution in [0, 0.1) is 0 Å². The van der Waals surface area contributed by atoms with Crippen molar-refractivity contribution in [1.29, 1.82) is 0 Å². The smallest absolute Gasteiger partial charge is 0.119 e. The van der Waals surface area contributed by atoms with Crippen molar-refractivity contribution in [3.05, 3.63) is 65.2 Å². The van der Waals surface area contributed by atoms with Crippen LogP contribution in [0.3, 0.4) is 0 Å². The maximum atomic E-state index is 5.74. The third-order valence-corrected chi connectivity index (χ3v) is 5.25. The predicted molar refractivity (Wildman–Crippen MR) is 98.3 cm³/mol. The van der Waals surface area contributed by atoms with E-state index in [1.54, 1.807) is 0 Å². The second kappa shape index (κ2) is 6.81. The van der Waals surface area contributed by atoms with Gasteiger partial charge in [-0.2, -0.15) is 0 Å². The lowest BCUT2D eigenvalue weighted by molar-refractivity contribution is 0.263. The molecule has 0 bridgehead atoms. The first-order valence-corrected chi connectivity index (χ1v) is 9.17. The van der Waals surface area contributed by atoms with Crippen LogP contribution in [-0.2, 0) is 21.3 Å². The average Bonchev–Trinajstić information content (AvgIpc) is 3.54. The Bertz CT molecular complexity index is 634. The summed E-state index contributed by atoms with van der Waals surface area (Å²) in [4.78, 5) is 0. The highest BCUT2D eigenvalue weighted by Crippen LogP contribution is 2.33. The standard InChI is InChI=1S/C22H26O3/c1-22(2,17-6-3-16(4-7-17)5-10-20-13-24-20)18-8-11-19(12-9-18)23-14-21-15-25-21/h3-4,6-9,11-12,20-21H,5,10,13-15H2,1-2H3. The molecule has 2 fully saturated rings. The van der Waals surface area contributed by atoms with Crippen molar-refractivity contribution in [2.24, 2.45) is 0 Å². The minimum Gasteiger partial charge on any atom is -0.491 e. The molecule has 2 aliphatic heterocycles. The van der Waals surface area contributed by atoms with Crippen LogP contribution < -0.4 is 4.74 Å². The lowest BCUT2D eigenvalue weighted by atomic mass is 9.78. The number of ether oxygens (including phenoxy) is 3. The number of rotatable bonds is 8. The van der Waals surface area contributed by atoms with Gasteiger partial charge in [-0.1, -0.05) is 50.2 Å². The van der Waals surface area contributed by atoms with Crippen LogP contribution >= 0.6 is 0 Å². The van der Waals surface area contributed by atoms with E-state index in [1.807, 2.05) is 0 Å². The largest absolute Gasteiger partial charge is 0.491 e. The first-order valence-electron chi connectivity index (χ1n) is 9.17. The van der Waals surface area contributed by atoms with E-state index in [2.05, 4.69) is 62.4 Å². The molecule has 0 aromatic heterocycles. The summed E-state index contributed by atoms with van der Waals surface area (Å²) in [6.45, 7) is 6.96. The molecule has 2 heterocycles. The summed E-state index contributed by atoms with van der Waals surface area (Å²) in [5.41, 5.74) is 3.98. The number of hydrogen-bond acceptors (Lipinski definition) is 3. The van der Waals surface area contributed by atoms with Crippen LogP contribution in [0.2, 0.25) is 0 Å². The molecule has 0 saturated carbocycles. The zero-order valence-corrected chi connectivity index (χ0v) is 15.0. The summed E-state index contributed by atoms with van der Waals surface area (Å²) >= 11 is 0. The summed E-state index contributed by atoms with van der Waals surface area (Å²) in [6.07, 6.45) is 3.03. The van der Waals surface area contributed by atoms with E-state index in [1.165, 1.54) is 16.7 Å². The molecule has 2 aliphatic rings. The summed E-state index contributed by atoms with van der Waals surface area (Å²) in [6, 6.07) is 17.5. The fraction of sp³-hybridized carbons (Fsp3) is 0.455. The molecule has 2 saturated heterocycles. The molecule has 2 aromatic rings. The van der Waals surface area contributed by atoms with Crippen molar-refractivity contribution < 1.29 is 14.2 Å². The first-order chi connectivity index (χ1) is 12.1. The molecular weight excluding hydrogens is 312 g/mol. The maximum Gasteiger partial charge on any atom is 0.119 e. The molecular formula is C22H26O3. The Kier molecular flexibility index (Phi) is 4.53. The van der Waals surface area contributed by atoms with Gasteiger partial charge in [-0.15, -0.1) is 0 Å². The van der Waals surface area contributed by atoms with Crippen molar-refractivity contribution in [2.75, 3.05) is 19.8 Å². The van der Waals surface area contributed by atoms with Crippen LogP contribution in [0.4, 0.5) is 0 Å². The van der Waals surface area contributed by atoms with Crippen molar-refractivity contribution in [3.63, 3.8) is 0 Å². The van der Waals surface area contributed by atoms with E-state index in [4.69, 9.17) is 14.2 Å². The Morgan fingerprint density at radius 3 is 2.00 bits per heavy atom. The summed E-state index contributed by atoms with van der Waals surface area (Å²) in [5, 5.41) is 0. The van der Waals surface area contributed by atoms with Crippen LogP contribution in [0.5, 0.6) is 5.75 Å². The fourth-order valence-corrected chi connectivity index (χ4v) is 3.14. The molecule has 0 amide bonds. The highest BCUT2D eigenvalue weighted by molar-refractivity contribution is 5.40. The van der Waals surface area contributed by atoms with Crippen molar-refractivity contribution in [2.45, 2.75) is 44.3 Å². The maximum absolute atomic E-state index is 5.74. The molecule has 0 aliphatic carbocycles. The molecule has 2 atom stereocenters. The Morgan fingerprint density at radius 1 is 0.880 bits per heavy atom. The van der Waals surface area contributed by atoms with E-state index >= 15 is 0 Å². The average molecular weight is 338 g/mol. The molecule has 0 N–H and O–H groups in total. The van der Waals surface area contributed by atoms with Gasteiger partial charge in [-0.3, -0.25) is 0 Å². The van der Waals surface area contributed by atoms with Gasteiger partial charge in [0.15, 0.2) is 0 Å². The number of epoxide rings is 2. The Balaban J connectivity index is 1.41. The Labute approximate surface area is 149 Å². The molecule has 132 valence electrons. The number of hydrogen-bond donors (Lipinski definition) is 0. The molecule has 2 aromatic carbocycles. The predicted octanol–water partition coefficient (Wildman–Crippen LogP) is 4.12. The van der Waals surface area contributed by atoms with Crippen LogP contribution in [0.1, 0.15) is 37.0 Å². The summed E-state index contributed by atoms with van der Waals surface area (Å²) < 4.78 is 16.2. The van der Waals surface area contributed by atoms with Gasteiger partial charge in [-0.05, 0) is 41.7 Å². The van der Waals surface area contributed by atoms with Gasteiger partial charge in [0.25, 0.3) is 0 Å². The molecule has 0 radical (unpaired) electrons. The minimum atomic E-state index is -0.0315. The second-order valence-electron chi connectivity index (χ2n) is 7.61. The van der Waals surface area contributed by atoms with Gasteiger partial charge in [0.2, 0.25) is 0 Å². The molecule has 4 rings (SSSR count). The number of benzene rings is 2. The molecule has 3 heteroatoms. The van der Waals surface area contributed by atoms with Gasteiger partial charge in [0.1, 0.15) is 18.5 Å². The normalized spacial score (nSPS) is 21.8. The van der Waals surface area contributed by atoms with E-state index in [0.717, 1.165) is 31.8 Å². The van der Waals surface area contributed by atoms with Gasteiger partial charge >= 0.3 is 0 Å². The topological polar surface area (TPSA) is 34.3 Å². The van der Waals surface area contributed by atoms with E-state index in [0.29, 0.717) is 18.8 Å². The van der Waals surface area contributed by atoms with Crippen molar-refractivity contribution in [1.82, 2.24) is 0 Å². The van der Waals surface area contributed by atoms with E-state index in [9.17, 15) is 0 Å². The van der Waals surface area contributed by atoms with Gasteiger partial charge in [0.05, 0.1) is 19.3 Å². The van der Waals surface area contributed by atoms with Gasteiger partial charge < -0.3 is 14.2 Å². The Morgan fingerprint density at radius 2 is 1.44 bits per heavy atom. The van der Waals surface area contributed by atoms with Crippen LogP contribution in [-0.4, -0.2) is 32.0 Å². The van der Waals surface area contributed by atoms with Crippen molar-refractivity contribution >= 4 is 0 Å². The summed E-state index contributed by atoms with van der Waals surface area (Å²) in [7, 11) is 0. The fourth-order valence-electron chi connectivity index (χ4n) is 3.14. The third-order valence-electron chi connectivity index (χ3n) is 5.25. The molecule has 25 heavy (non-hydrogen) atoms. The lowest BCUT2D eigenvalue weighted by Crippen LogP contribution is -2.18. The minimum absolute atomic E-state index is 0.0315. The zero-order valence-electron chi connectivity index (χ0n) is 15.0. The second-order valence-corrected chi connectivity index (χ2v) is 7.61. The highest BCUT2D eigenvalue weighted by Gasteiger charge is 2.25. The molecule has 3 nitrogen and oxygen atoms in total. The SMILES string of the molecule is CC(C)(c1ccc(CCC2CO2)cc1)c1ccc(OCC2CO2)cc1. The quantitative estimate of drug-likeness (QED) is 0.679. The first kappa shape index (κ1) is 16.6. The molecule has 2 unspecified atom stereocenters. The van der Waals surface area contributed by atoms with Crippen molar-refractivity contribution in [3.8, 4) is 5.75 Å². The third kappa shape index (κ3) is 4.23. The van der Waals surface area contributed by atoms with Crippen LogP contribution in [0.25, 0.3) is 0 Å².